The van der Waals surface area contributed by atoms with Crippen molar-refractivity contribution in [1.82, 2.24) is 9.78 Å². The highest BCUT2D eigenvalue weighted by atomic mass is 32.2. The summed E-state index contributed by atoms with van der Waals surface area (Å²) in [5.41, 5.74) is 8.48. The summed E-state index contributed by atoms with van der Waals surface area (Å²) in [4.78, 5) is 12.7. The first-order chi connectivity index (χ1) is 12.9. The van der Waals surface area contributed by atoms with Crippen LogP contribution in [0.5, 0.6) is 0 Å². The van der Waals surface area contributed by atoms with E-state index in [1.54, 1.807) is 60.1 Å². The van der Waals surface area contributed by atoms with E-state index in [1.807, 2.05) is 0 Å². The number of nitrogens with two attached hydrogens (primary N) is 1. The van der Waals surface area contributed by atoms with Crippen molar-refractivity contribution in [3.05, 3.63) is 59.8 Å². The van der Waals surface area contributed by atoms with Crippen LogP contribution in [0.25, 0.3) is 16.9 Å². The number of nitrogen functional groups attached to an aromatic ring is 1. The van der Waals surface area contributed by atoms with E-state index < -0.39 is 15.8 Å². The van der Waals surface area contributed by atoms with E-state index in [1.165, 1.54) is 0 Å². The molecule has 4 rings (SSSR count). The van der Waals surface area contributed by atoms with Crippen LogP contribution in [0.2, 0.25) is 0 Å². The summed E-state index contributed by atoms with van der Waals surface area (Å²) in [5, 5.41) is 4.41. The molecule has 0 unspecified atom stereocenters. The lowest BCUT2D eigenvalue weighted by atomic mass is 10.1. The quantitative estimate of drug-likeness (QED) is 0.551. The molecule has 0 bridgehead atoms. The van der Waals surface area contributed by atoms with Crippen molar-refractivity contribution in [3.8, 4) is 16.9 Å². The number of hydrogen-bond acceptors (Lipinski definition) is 6. The van der Waals surface area contributed by atoms with Crippen LogP contribution < -0.4 is 5.73 Å². The van der Waals surface area contributed by atoms with Gasteiger partial charge in [0.1, 0.15) is 0 Å². The number of benzene rings is 2. The van der Waals surface area contributed by atoms with Crippen molar-refractivity contribution in [2.75, 3.05) is 12.3 Å². The van der Waals surface area contributed by atoms with E-state index in [9.17, 15) is 13.2 Å². The van der Waals surface area contributed by atoms with Crippen molar-refractivity contribution in [3.63, 3.8) is 0 Å². The Labute approximate surface area is 156 Å². The number of anilines is 1. The minimum absolute atomic E-state index is 0.00681. The van der Waals surface area contributed by atoms with Crippen LogP contribution in [-0.4, -0.2) is 30.8 Å². The van der Waals surface area contributed by atoms with Crippen LogP contribution in [0.4, 0.5) is 5.69 Å². The Kier molecular flexibility index (Phi) is 4.00. The normalized spacial score (nSPS) is 14.3. The summed E-state index contributed by atoms with van der Waals surface area (Å²) in [6.07, 6.45) is 0. The van der Waals surface area contributed by atoms with Crippen molar-refractivity contribution in [2.45, 2.75) is 17.6 Å². The molecule has 27 heavy (non-hydrogen) atoms. The van der Waals surface area contributed by atoms with Gasteiger partial charge < -0.3 is 10.5 Å². The number of carbonyl (C=O) groups excluding carboxylic acids is 1. The van der Waals surface area contributed by atoms with Gasteiger partial charge in [-0.25, -0.2) is 17.9 Å². The van der Waals surface area contributed by atoms with Gasteiger partial charge in [-0.05, 0) is 31.2 Å². The standard InChI is InChI=1S/C19H17N3O4S/c1-2-26-19(23)17-15-11-27(24,25)16-9-4-3-8-14(16)18(15)22(21-17)13-7-5-6-12(20)10-13/h3-10H,2,11,20H2,1H3. The summed E-state index contributed by atoms with van der Waals surface area (Å²) in [6, 6.07) is 13.7. The monoisotopic (exact) mass is 383 g/mol. The molecule has 0 fully saturated rings. The maximum absolute atomic E-state index is 12.8. The molecule has 0 atom stereocenters. The lowest BCUT2D eigenvalue weighted by molar-refractivity contribution is 0.0518. The molecule has 8 heteroatoms. The first-order valence-electron chi connectivity index (χ1n) is 8.39. The Bertz CT molecular complexity index is 1170. The van der Waals surface area contributed by atoms with Crippen LogP contribution >= 0.6 is 0 Å². The first kappa shape index (κ1) is 17.3. The second-order valence-electron chi connectivity index (χ2n) is 6.16. The number of hydrogen-bond donors (Lipinski definition) is 1. The fourth-order valence-corrected chi connectivity index (χ4v) is 4.87. The fourth-order valence-electron chi connectivity index (χ4n) is 3.27. The molecule has 0 saturated heterocycles. The average molecular weight is 383 g/mol. The second-order valence-corrected chi connectivity index (χ2v) is 8.12. The van der Waals surface area contributed by atoms with Gasteiger partial charge >= 0.3 is 5.97 Å². The lowest BCUT2D eigenvalue weighted by Gasteiger charge is -2.19. The molecule has 0 radical (unpaired) electrons. The van der Waals surface area contributed by atoms with E-state index in [-0.39, 0.29) is 22.9 Å². The Morgan fingerprint density at radius 3 is 2.74 bits per heavy atom. The first-order valence-corrected chi connectivity index (χ1v) is 10.0. The molecule has 2 aromatic carbocycles. The maximum Gasteiger partial charge on any atom is 0.359 e. The van der Waals surface area contributed by atoms with Gasteiger partial charge in [0.15, 0.2) is 15.5 Å². The average Bonchev–Trinajstić information content (AvgIpc) is 3.01. The van der Waals surface area contributed by atoms with Crippen LogP contribution in [0.1, 0.15) is 23.0 Å². The van der Waals surface area contributed by atoms with Crippen molar-refractivity contribution < 1.29 is 17.9 Å². The van der Waals surface area contributed by atoms with Crippen molar-refractivity contribution in [2.24, 2.45) is 0 Å². The highest BCUT2D eigenvalue weighted by Gasteiger charge is 2.36. The van der Waals surface area contributed by atoms with Crippen LogP contribution in [0, 0.1) is 0 Å². The van der Waals surface area contributed by atoms with Gasteiger partial charge in [0.2, 0.25) is 0 Å². The van der Waals surface area contributed by atoms with Crippen LogP contribution in [-0.2, 0) is 20.3 Å². The van der Waals surface area contributed by atoms with Crippen molar-refractivity contribution in [1.29, 1.82) is 0 Å². The Balaban J connectivity index is 2.06. The third kappa shape index (κ3) is 2.78. The molecule has 0 saturated carbocycles. The molecule has 138 valence electrons. The lowest BCUT2D eigenvalue weighted by Crippen LogP contribution is -2.16. The molecule has 1 aliphatic rings. The van der Waals surface area contributed by atoms with Gasteiger partial charge in [-0.3, -0.25) is 0 Å². The van der Waals surface area contributed by atoms with Gasteiger partial charge in [0.25, 0.3) is 0 Å². The molecule has 2 N–H and O–H groups in total. The highest BCUT2D eigenvalue weighted by molar-refractivity contribution is 7.90. The van der Waals surface area contributed by atoms with E-state index in [2.05, 4.69) is 5.10 Å². The fraction of sp³-hybridized carbons (Fsp3) is 0.158. The summed E-state index contributed by atoms with van der Waals surface area (Å²) in [7, 11) is -3.59. The van der Waals surface area contributed by atoms with E-state index in [4.69, 9.17) is 10.5 Å². The summed E-state index contributed by atoms with van der Waals surface area (Å²) in [6.45, 7) is 1.85. The maximum atomic E-state index is 12.8. The molecule has 0 aliphatic carbocycles. The van der Waals surface area contributed by atoms with E-state index in [0.717, 1.165) is 0 Å². The predicted molar refractivity (Wildman–Crippen MR) is 100 cm³/mol. The number of sulfone groups is 1. The Morgan fingerprint density at radius 1 is 1.22 bits per heavy atom. The number of rotatable bonds is 3. The number of aromatic nitrogens is 2. The Morgan fingerprint density at radius 2 is 2.00 bits per heavy atom. The molecular weight excluding hydrogens is 366 g/mol. The minimum Gasteiger partial charge on any atom is -0.461 e. The zero-order chi connectivity index (χ0) is 19.2. The van der Waals surface area contributed by atoms with E-state index >= 15 is 0 Å². The minimum atomic E-state index is -3.59. The van der Waals surface area contributed by atoms with Gasteiger partial charge in [-0.1, -0.05) is 24.3 Å². The number of nitrogens with zero attached hydrogens (tertiary/aromatic N) is 2. The molecule has 0 amide bonds. The number of esters is 1. The number of carbonyl (C=O) groups is 1. The van der Waals surface area contributed by atoms with Crippen LogP contribution in [0.3, 0.4) is 0 Å². The molecule has 1 aliphatic heterocycles. The second kappa shape index (κ2) is 6.24. The molecular formula is C19H17N3O4S. The van der Waals surface area contributed by atoms with Crippen molar-refractivity contribution >= 4 is 21.5 Å². The molecule has 1 aromatic heterocycles. The van der Waals surface area contributed by atoms with Gasteiger partial charge in [0.05, 0.1) is 28.6 Å². The third-order valence-corrected chi connectivity index (χ3v) is 6.07. The summed E-state index contributed by atoms with van der Waals surface area (Å²) in [5.74, 6) is -0.957. The molecule has 2 heterocycles. The smallest absolute Gasteiger partial charge is 0.359 e. The predicted octanol–water partition coefficient (Wildman–Crippen LogP) is 2.59. The van der Waals surface area contributed by atoms with Gasteiger partial charge in [-0.2, -0.15) is 5.10 Å². The zero-order valence-electron chi connectivity index (χ0n) is 14.5. The van der Waals surface area contributed by atoms with E-state index in [0.29, 0.717) is 28.2 Å². The SMILES string of the molecule is CCOC(=O)c1nn(-c2cccc(N)c2)c2c1CS(=O)(=O)c1ccccc1-2. The van der Waals surface area contributed by atoms with Crippen LogP contribution in [0.15, 0.2) is 53.4 Å². The largest absolute Gasteiger partial charge is 0.461 e. The summed E-state index contributed by atoms with van der Waals surface area (Å²) >= 11 is 0. The highest BCUT2D eigenvalue weighted by Crippen LogP contribution is 2.40. The number of ether oxygens (including phenoxy) is 1. The molecule has 0 spiro atoms. The molecule has 3 aromatic rings. The zero-order valence-corrected chi connectivity index (χ0v) is 15.4. The summed E-state index contributed by atoms with van der Waals surface area (Å²) < 4.78 is 32.2. The van der Waals surface area contributed by atoms with Gasteiger partial charge in [-0.15, -0.1) is 0 Å². The Hall–Kier alpha value is -3.13. The molecule has 7 nitrogen and oxygen atoms in total. The third-order valence-electron chi connectivity index (χ3n) is 4.38. The topological polar surface area (TPSA) is 104 Å². The van der Waals surface area contributed by atoms with Gasteiger partial charge in [0, 0.05) is 16.8 Å². The number of fused-ring (bicyclic) bond motifs is 3.